The molecule has 10 rings (SSSR count). The molecule has 9 heteroatoms. The zero-order valence-electron chi connectivity index (χ0n) is 33.3. The molecule has 0 bridgehead atoms. The van der Waals surface area contributed by atoms with E-state index in [1.165, 1.54) is 0 Å². The molecule has 0 aliphatic heterocycles. The Labute approximate surface area is 362 Å². The van der Waals surface area contributed by atoms with Crippen molar-refractivity contribution in [3.05, 3.63) is 198 Å². The molecular weight excluding hydrogens is 775 g/mol. The molecule has 0 aliphatic rings. The van der Waals surface area contributed by atoms with Crippen LogP contribution < -0.4 is 0 Å². The van der Waals surface area contributed by atoms with Gasteiger partial charge in [-0.15, -0.1) is 0 Å². The van der Waals surface area contributed by atoms with Crippen molar-refractivity contribution in [3.8, 4) is 97.5 Å². The van der Waals surface area contributed by atoms with Gasteiger partial charge in [-0.3, -0.25) is 4.98 Å². The third-order valence-corrected chi connectivity index (χ3v) is 11.1. The van der Waals surface area contributed by atoms with E-state index in [-0.39, 0.29) is 0 Å². The third kappa shape index (κ3) is 6.87. The van der Waals surface area contributed by atoms with Gasteiger partial charge in [-0.05, 0) is 82.4 Å². The fourth-order valence-corrected chi connectivity index (χ4v) is 8.08. The number of aromatic nitrogens is 5. The first-order valence-corrected chi connectivity index (χ1v) is 19.9. The summed E-state index contributed by atoms with van der Waals surface area (Å²) >= 11 is 0. The summed E-state index contributed by atoms with van der Waals surface area (Å²) in [5.74, 6) is 1.47. The molecule has 0 fully saturated rings. The Morgan fingerprint density at radius 2 is 0.889 bits per heavy atom. The van der Waals surface area contributed by atoms with E-state index >= 15 is 0 Å². The van der Waals surface area contributed by atoms with Crippen LogP contribution in [0, 0.1) is 45.3 Å². The first-order valence-electron chi connectivity index (χ1n) is 19.9. The smallest absolute Gasteiger partial charge is 0.166 e. The quantitative estimate of drug-likeness (QED) is 0.154. The van der Waals surface area contributed by atoms with Crippen LogP contribution in [0.2, 0.25) is 0 Å². The molecule has 0 atom stereocenters. The maximum Gasteiger partial charge on any atom is 0.166 e. The summed E-state index contributed by atoms with van der Waals surface area (Å²) in [4.78, 5) is 19.8. The Hall–Kier alpha value is -9.54. The second-order valence-electron chi connectivity index (χ2n) is 14.8. The molecular formula is C54H29N9. The lowest BCUT2D eigenvalue weighted by molar-refractivity contribution is 1.06. The summed E-state index contributed by atoms with van der Waals surface area (Å²) in [5, 5.41) is 41.6. The van der Waals surface area contributed by atoms with Gasteiger partial charge in [-0.2, -0.15) is 21.0 Å². The van der Waals surface area contributed by atoms with Gasteiger partial charge in [-0.1, -0.05) is 109 Å². The number of rotatable bonds is 7. The van der Waals surface area contributed by atoms with Crippen molar-refractivity contribution in [2.24, 2.45) is 0 Å². The van der Waals surface area contributed by atoms with Gasteiger partial charge in [0.25, 0.3) is 0 Å². The summed E-state index contributed by atoms with van der Waals surface area (Å²) in [5.41, 5.74) is 11.2. The Morgan fingerprint density at radius 3 is 1.38 bits per heavy atom. The molecule has 9 nitrogen and oxygen atoms in total. The highest BCUT2D eigenvalue weighted by Crippen LogP contribution is 2.41. The normalized spacial score (nSPS) is 10.8. The highest BCUT2D eigenvalue weighted by Gasteiger charge is 2.22. The highest BCUT2D eigenvalue weighted by atomic mass is 15.1. The van der Waals surface area contributed by atoms with Crippen LogP contribution in [0.15, 0.2) is 176 Å². The second-order valence-corrected chi connectivity index (χ2v) is 14.8. The van der Waals surface area contributed by atoms with Crippen molar-refractivity contribution >= 4 is 21.8 Å². The van der Waals surface area contributed by atoms with Gasteiger partial charge in [0.05, 0.1) is 63.3 Å². The molecule has 0 aliphatic carbocycles. The minimum atomic E-state index is 0.386. The van der Waals surface area contributed by atoms with E-state index in [9.17, 15) is 21.0 Å². The van der Waals surface area contributed by atoms with Crippen molar-refractivity contribution in [2.75, 3.05) is 0 Å². The number of benzene rings is 7. The first kappa shape index (κ1) is 37.7. The summed E-state index contributed by atoms with van der Waals surface area (Å²) in [6.45, 7) is 0. The SMILES string of the molecule is N#Cc1ccc(-c2ccc3c4ccc(-c5ccc(C#N)cc5C#N)cc4n(-c4ccc(-c5cccnc5)cc4-c4nc(-c5ccccc5)nc(-c5ccccc5)n4)c3c2)c(C#N)c1. The zero-order valence-corrected chi connectivity index (χ0v) is 33.3. The van der Waals surface area contributed by atoms with E-state index in [0.29, 0.717) is 50.9 Å². The van der Waals surface area contributed by atoms with Crippen molar-refractivity contribution in [1.29, 1.82) is 21.0 Å². The molecule has 0 spiro atoms. The van der Waals surface area contributed by atoms with Crippen LogP contribution in [0.4, 0.5) is 0 Å². The van der Waals surface area contributed by atoms with Gasteiger partial charge in [0.2, 0.25) is 0 Å². The van der Waals surface area contributed by atoms with Crippen LogP contribution in [0.5, 0.6) is 0 Å². The zero-order chi connectivity index (χ0) is 42.9. The number of fused-ring (bicyclic) bond motifs is 3. The molecule has 0 unspecified atom stereocenters. The predicted molar refractivity (Wildman–Crippen MR) is 243 cm³/mol. The molecule has 0 saturated carbocycles. The molecule has 3 aromatic heterocycles. The summed E-state index contributed by atoms with van der Waals surface area (Å²) in [7, 11) is 0. The number of hydrogen-bond acceptors (Lipinski definition) is 8. The molecule has 10 aromatic rings. The van der Waals surface area contributed by atoms with Crippen LogP contribution in [-0.2, 0) is 0 Å². The van der Waals surface area contributed by atoms with Gasteiger partial charge < -0.3 is 4.57 Å². The minimum Gasteiger partial charge on any atom is -0.308 e. The summed E-state index contributed by atoms with van der Waals surface area (Å²) < 4.78 is 2.18. The van der Waals surface area contributed by atoms with E-state index in [0.717, 1.165) is 66.4 Å². The van der Waals surface area contributed by atoms with Crippen molar-refractivity contribution < 1.29 is 0 Å². The van der Waals surface area contributed by atoms with Crippen molar-refractivity contribution in [3.63, 3.8) is 0 Å². The monoisotopic (exact) mass is 803 g/mol. The van der Waals surface area contributed by atoms with Gasteiger partial charge in [-0.25, -0.2) is 15.0 Å². The summed E-state index contributed by atoms with van der Waals surface area (Å²) in [6, 6.07) is 61.2. The molecule has 290 valence electrons. The van der Waals surface area contributed by atoms with Crippen molar-refractivity contribution in [2.45, 2.75) is 0 Å². The van der Waals surface area contributed by atoms with Crippen LogP contribution in [0.3, 0.4) is 0 Å². The number of nitriles is 4. The van der Waals surface area contributed by atoms with Gasteiger partial charge >= 0.3 is 0 Å². The Balaban J connectivity index is 1.31. The average Bonchev–Trinajstić information content (AvgIpc) is 3.69. The first-order chi connectivity index (χ1) is 31.0. The number of pyridine rings is 1. The van der Waals surface area contributed by atoms with Crippen LogP contribution in [0.25, 0.3) is 95.0 Å². The number of hydrogen-bond donors (Lipinski definition) is 0. The predicted octanol–water partition coefficient (Wildman–Crippen LogP) is 11.9. The standard InChI is InChI=1S/C54H29N9/c55-29-34-13-18-44(42(24-34)31-57)39-15-20-46-47-21-16-40(45-19-14-35(30-56)25-43(45)32-58)28-51(47)63(50(46)27-39)49-22-17-38(41-12-7-23-59-33-41)26-48(49)54-61-52(36-8-3-1-4-9-36)60-53(62-54)37-10-5-2-6-11-37/h1-28,33H. The number of nitrogens with zero attached hydrogens (tertiary/aromatic N) is 9. The maximum atomic E-state index is 10.2. The fraction of sp³-hybridized carbons (Fsp3) is 0. The van der Waals surface area contributed by atoms with Gasteiger partial charge in [0, 0.05) is 45.4 Å². The van der Waals surface area contributed by atoms with Crippen LogP contribution in [-0.4, -0.2) is 24.5 Å². The molecule has 0 amide bonds. The molecule has 0 radical (unpaired) electrons. The lowest BCUT2D eigenvalue weighted by Gasteiger charge is -2.17. The van der Waals surface area contributed by atoms with Gasteiger partial charge in [0.1, 0.15) is 0 Å². The summed E-state index contributed by atoms with van der Waals surface area (Å²) in [6.07, 6.45) is 3.57. The largest absolute Gasteiger partial charge is 0.308 e. The Morgan fingerprint density at radius 1 is 0.381 bits per heavy atom. The van der Waals surface area contributed by atoms with E-state index in [1.807, 2.05) is 103 Å². The van der Waals surface area contributed by atoms with E-state index in [2.05, 4.69) is 76.3 Å². The lowest BCUT2D eigenvalue weighted by Crippen LogP contribution is -2.04. The van der Waals surface area contributed by atoms with Crippen LogP contribution >= 0.6 is 0 Å². The maximum absolute atomic E-state index is 10.2. The van der Waals surface area contributed by atoms with Crippen molar-refractivity contribution in [1.82, 2.24) is 24.5 Å². The molecule has 63 heavy (non-hydrogen) atoms. The minimum absolute atomic E-state index is 0.386. The Kier molecular flexibility index (Phi) is 9.52. The topological polar surface area (TPSA) is 152 Å². The molecule has 0 N–H and O–H groups in total. The van der Waals surface area contributed by atoms with Crippen LogP contribution in [0.1, 0.15) is 22.3 Å². The molecule has 0 saturated heterocycles. The average molecular weight is 804 g/mol. The Bertz CT molecular complexity index is 3420. The lowest BCUT2D eigenvalue weighted by atomic mass is 9.96. The third-order valence-electron chi connectivity index (χ3n) is 11.1. The fourth-order valence-electron chi connectivity index (χ4n) is 8.08. The molecule has 7 aromatic carbocycles. The highest BCUT2D eigenvalue weighted by molar-refractivity contribution is 6.12. The molecule has 3 heterocycles. The van der Waals surface area contributed by atoms with Gasteiger partial charge in [0.15, 0.2) is 17.5 Å². The second kappa shape index (κ2) is 15.9. The van der Waals surface area contributed by atoms with E-state index in [1.54, 1.807) is 30.5 Å². The van der Waals surface area contributed by atoms with E-state index < -0.39 is 0 Å². The van der Waals surface area contributed by atoms with E-state index in [4.69, 9.17) is 15.0 Å².